The molecule has 2 rings (SSSR count). The van der Waals surface area contributed by atoms with Gasteiger partial charge in [-0.05, 0) is 24.3 Å². The Kier molecular flexibility index (Phi) is 5.08. The highest BCUT2D eigenvalue weighted by atomic mass is 35.5. The number of hydrogen-bond donors (Lipinski definition) is 0. The van der Waals surface area contributed by atoms with Crippen LogP contribution in [0.15, 0.2) is 47.6 Å². The second-order valence-corrected chi connectivity index (χ2v) is 4.87. The molecule has 0 fully saturated rings. The molecule has 0 aliphatic rings. The molecule has 8 heteroatoms. The van der Waals surface area contributed by atoms with Crippen LogP contribution in [0.3, 0.4) is 0 Å². The minimum atomic E-state index is -0.756. The van der Waals surface area contributed by atoms with Gasteiger partial charge in [-0.15, -0.1) is 0 Å². The fourth-order valence-corrected chi connectivity index (χ4v) is 1.87. The molecule has 6 nitrogen and oxygen atoms in total. The van der Waals surface area contributed by atoms with Crippen LogP contribution in [0.25, 0.3) is 0 Å². The first kappa shape index (κ1) is 15.9. The minimum absolute atomic E-state index is 0.142. The van der Waals surface area contributed by atoms with Gasteiger partial charge in [0.15, 0.2) is 0 Å². The summed E-state index contributed by atoms with van der Waals surface area (Å²) in [6.07, 6.45) is 1.09. The molecular weight excluding hydrogens is 331 g/mol. The molecule has 0 amide bonds. The summed E-state index contributed by atoms with van der Waals surface area (Å²) in [4.78, 5) is 26.7. The Morgan fingerprint density at radius 3 is 2.59 bits per heavy atom. The third-order valence-corrected chi connectivity index (χ3v) is 3.36. The molecule has 2 aromatic rings. The maximum absolute atomic E-state index is 11.7. The first-order valence-corrected chi connectivity index (χ1v) is 6.68. The van der Waals surface area contributed by atoms with Crippen molar-refractivity contribution in [2.24, 2.45) is 5.16 Å². The zero-order valence-electron chi connectivity index (χ0n) is 10.9. The number of hydrogen-bond acceptors (Lipinski definition) is 5. The topological polar surface area (TPSA) is 81.8 Å². The van der Waals surface area contributed by atoms with E-state index < -0.39 is 10.9 Å². The average molecular weight is 339 g/mol. The Labute approximate surface area is 135 Å². The molecule has 22 heavy (non-hydrogen) atoms. The highest BCUT2D eigenvalue weighted by molar-refractivity contribution is 6.42. The highest BCUT2D eigenvalue weighted by Crippen LogP contribution is 2.23. The Morgan fingerprint density at radius 1 is 1.18 bits per heavy atom. The molecule has 0 aliphatic heterocycles. The number of carbonyl (C=O) groups excluding carboxylic acids is 1. The zero-order valence-corrected chi connectivity index (χ0v) is 12.4. The van der Waals surface area contributed by atoms with Gasteiger partial charge in [0.1, 0.15) is 0 Å². The van der Waals surface area contributed by atoms with Crippen molar-refractivity contribution in [2.75, 3.05) is 0 Å². The van der Waals surface area contributed by atoms with Gasteiger partial charge >= 0.3 is 5.97 Å². The summed E-state index contributed by atoms with van der Waals surface area (Å²) in [5.41, 5.74) is 0.236. The molecule has 0 saturated carbocycles. The summed E-state index contributed by atoms with van der Waals surface area (Å²) in [5, 5.41) is 14.8. The molecule has 0 heterocycles. The van der Waals surface area contributed by atoms with E-state index in [1.807, 2.05) is 0 Å². The van der Waals surface area contributed by atoms with Crippen molar-refractivity contribution in [1.29, 1.82) is 0 Å². The Balaban J connectivity index is 2.11. The first-order valence-electron chi connectivity index (χ1n) is 5.92. The molecule has 0 unspecified atom stereocenters. The molecule has 0 spiro atoms. The van der Waals surface area contributed by atoms with Gasteiger partial charge in [0.05, 0.1) is 32.3 Å². The molecule has 0 saturated heterocycles. The second-order valence-electron chi connectivity index (χ2n) is 4.06. The van der Waals surface area contributed by atoms with E-state index in [0.29, 0.717) is 5.02 Å². The van der Waals surface area contributed by atoms with E-state index in [0.717, 1.165) is 6.21 Å². The van der Waals surface area contributed by atoms with Crippen LogP contribution in [0, 0.1) is 10.1 Å². The van der Waals surface area contributed by atoms with Crippen LogP contribution in [0.4, 0.5) is 5.69 Å². The first-order chi connectivity index (χ1) is 10.5. The summed E-state index contributed by atoms with van der Waals surface area (Å²) in [5.74, 6) is -0.756. The van der Waals surface area contributed by atoms with E-state index in [4.69, 9.17) is 23.2 Å². The number of nitrogens with zero attached hydrogens (tertiary/aromatic N) is 2. The van der Waals surface area contributed by atoms with Crippen LogP contribution >= 0.6 is 23.2 Å². The van der Waals surface area contributed by atoms with Gasteiger partial charge in [-0.1, -0.05) is 40.5 Å². The van der Waals surface area contributed by atoms with E-state index in [9.17, 15) is 14.9 Å². The minimum Gasteiger partial charge on any atom is -0.313 e. The fraction of sp³-hybridized carbons (Fsp3) is 0. The lowest BCUT2D eigenvalue weighted by Crippen LogP contribution is -2.01. The van der Waals surface area contributed by atoms with Gasteiger partial charge in [0.25, 0.3) is 5.69 Å². The van der Waals surface area contributed by atoms with Gasteiger partial charge in [0.2, 0.25) is 0 Å². The molecule has 0 aliphatic carbocycles. The molecule has 112 valence electrons. The Morgan fingerprint density at radius 2 is 1.91 bits per heavy atom. The maximum atomic E-state index is 11.7. The smallest absolute Gasteiger partial charge is 0.313 e. The van der Waals surface area contributed by atoms with Crippen LogP contribution in [0.5, 0.6) is 0 Å². The summed E-state index contributed by atoms with van der Waals surface area (Å²) in [6, 6.07) is 10.2. The lowest BCUT2D eigenvalue weighted by atomic mass is 10.2. The number of nitro benzene ring substituents is 1. The van der Waals surface area contributed by atoms with Crippen molar-refractivity contribution >= 4 is 41.1 Å². The highest BCUT2D eigenvalue weighted by Gasteiger charge is 2.12. The van der Waals surface area contributed by atoms with Crippen molar-refractivity contribution in [3.8, 4) is 0 Å². The zero-order chi connectivity index (χ0) is 16.1. The average Bonchev–Trinajstić information content (AvgIpc) is 2.50. The number of benzene rings is 2. The lowest BCUT2D eigenvalue weighted by Gasteiger charge is -2.00. The number of oxime groups is 1. The number of carbonyl (C=O) groups is 1. The predicted octanol–water partition coefficient (Wildman–Crippen LogP) is 4.09. The summed E-state index contributed by atoms with van der Waals surface area (Å²) in [6.45, 7) is 0. The van der Waals surface area contributed by atoms with Gasteiger partial charge in [-0.25, -0.2) is 4.79 Å². The number of rotatable bonds is 4. The van der Waals surface area contributed by atoms with Crippen molar-refractivity contribution in [1.82, 2.24) is 0 Å². The van der Waals surface area contributed by atoms with E-state index in [1.165, 1.54) is 36.4 Å². The second kappa shape index (κ2) is 7.02. The number of halogens is 2. The summed E-state index contributed by atoms with van der Waals surface area (Å²) >= 11 is 11.5. The molecule has 0 atom stereocenters. The largest absolute Gasteiger partial charge is 0.365 e. The number of nitro groups is 1. The van der Waals surface area contributed by atoms with Crippen LogP contribution in [0.2, 0.25) is 10.0 Å². The predicted molar refractivity (Wildman–Crippen MR) is 82.6 cm³/mol. The monoisotopic (exact) mass is 338 g/mol. The SMILES string of the molecule is O=C(O/N=C/c1ccccc1[N+](=O)[O-])c1ccc(Cl)c(Cl)c1. The van der Waals surface area contributed by atoms with E-state index in [2.05, 4.69) is 9.99 Å². The van der Waals surface area contributed by atoms with Crippen LogP contribution in [0.1, 0.15) is 15.9 Å². The lowest BCUT2D eigenvalue weighted by molar-refractivity contribution is -0.385. The van der Waals surface area contributed by atoms with Gasteiger partial charge in [-0.3, -0.25) is 10.1 Å². The molecular formula is C14H8Cl2N2O4. The Hall–Kier alpha value is -2.44. The summed E-state index contributed by atoms with van der Waals surface area (Å²) in [7, 11) is 0. The molecule has 0 bridgehead atoms. The number of para-hydroxylation sites is 1. The van der Waals surface area contributed by atoms with Gasteiger partial charge in [-0.2, -0.15) is 0 Å². The fourth-order valence-electron chi connectivity index (χ4n) is 1.57. The third kappa shape index (κ3) is 3.81. The third-order valence-electron chi connectivity index (χ3n) is 2.62. The van der Waals surface area contributed by atoms with Crippen LogP contribution in [-0.4, -0.2) is 17.1 Å². The standard InChI is InChI=1S/C14H8Cl2N2O4/c15-11-6-5-9(7-12(11)16)14(19)22-17-8-10-3-1-2-4-13(10)18(20)21/h1-8H/b17-8+. The summed E-state index contributed by atoms with van der Waals surface area (Å²) < 4.78 is 0. The van der Waals surface area contributed by atoms with Gasteiger partial charge in [0, 0.05) is 6.07 Å². The Bertz CT molecular complexity index is 762. The van der Waals surface area contributed by atoms with Crippen molar-refractivity contribution in [2.45, 2.75) is 0 Å². The quantitative estimate of drug-likeness (QED) is 0.363. The molecule has 0 N–H and O–H groups in total. The normalized spacial score (nSPS) is 10.6. The van der Waals surface area contributed by atoms with Crippen LogP contribution in [-0.2, 0) is 4.84 Å². The van der Waals surface area contributed by atoms with Crippen molar-refractivity contribution in [3.05, 3.63) is 73.8 Å². The molecule has 0 aromatic heterocycles. The van der Waals surface area contributed by atoms with Crippen LogP contribution < -0.4 is 0 Å². The maximum Gasteiger partial charge on any atom is 0.365 e. The van der Waals surface area contributed by atoms with Crippen molar-refractivity contribution < 1.29 is 14.6 Å². The van der Waals surface area contributed by atoms with E-state index >= 15 is 0 Å². The molecule has 0 radical (unpaired) electrons. The van der Waals surface area contributed by atoms with E-state index in [1.54, 1.807) is 6.07 Å². The van der Waals surface area contributed by atoms with E-state index in [-0.39, 0.29) is 21.8 Å². The molecule has 2 aromatic carbocycles. The van der Waals surface area contributed by atoms with Crippen molar-refractivity contribution in [3.63, 3.8) is 0 Å². The van der Waals surface area contributed by atoms with Gasteiger partial charge < -0.3 is 4.84 Å².